The highest BCUT2D eigenvalue weighted by Crippen LogP contribution is 2.25. The van der Waals surface area contributed by atoms with Crippen molar-refractivity contribution in [3.63, 3.8) is 0 Å². The highest BCUT2D eigenvalue weighted by atomic mass is 16.2. The van der Waals surface area contributed by atoms with Crippen molar-refractivity contribution < 1.29 is 4.79 Å². The number of aromatic nitrogens is 3. The van der Waals surface area contributed by atoms with E-state index in [0.717, 1.165) is 30.6 Å². The average molecular weight is 502 g/mol. The van der Waals surface area contributed by atoms with E-state index in [1.807, 2.05) is 12.1 Å². The summed E-state index contributed by atoms with van der Waals surface area (Å²) in [6.45, 7) is 12.0. The van der Waals surface area contributed by atoms with E-state index in [1.54, 1.807) is 27.8 Å². The minimum atomic E-state index is -0.0875. The standard InChI is InChI=1S/C28H35N7O2/c1-5-25(36)34-17-21(18-34)12-13-35-26(37)11-6-22-14-29-28(31-27(22)35)30-23-7-9-24(10-8-23)33-15-19(2)32(4)20(3)16-33/h5-11,14,19-21H,1,12-13,15-18H2,2-4H3,(H,29,30,31)/t19-,20?/m1/s1. The predicted octanol–water partition coefficient (Wildman–Crippen LogP) is 3.10. The average Bonchev–Trinajstić information content (AvgIpc) is 2.87. The minimum Gasteiger partial charge on any atom is -0.368 e. The number of likely N-dealkylation sites (N-methyl/N-ethyl adjacent to an activating group) is 1. The van der Waals surface area contributed by atoms with Gasteiger partial charge in [0.05, 0.1) is 0 Å². The van der Waals surface area contributed by atoms with Crippen LogP contribution in [-0.2, 0) is 11.3 Å². The molecule has 2 saturated heterocycles. The maximum Gasteiger partial charge on any atom is 0.252 e. The highest BCUT2D eigenvalue weighted by molar-refractivity contribution is 5.87. The topological polar surface area (TPSA) is 86.6 Å². The predicted molar refractivity (Wildman–Crippen MR) is 147 cm³/mol. The van der Waals surface area contributed by atoms with Gasteiger partial charge in [-0.05, 0) is 69.6 Å². The Morgan fingerprint density at radius 3 is 2.46 bits per heavy atom. The van der Waals surface area contributed by atoms with Crippen LogP contribution in [0.4, 0.5) is 17.3 Å². The molecule has 1 unspecified atom stereocenters. The third-order valence-corrected chi connectivity index (χ3v) is 7.78. The molecular formula is C28H35N7O2. The van der Waals surface area contributed by atoms with Gasteiger partial charge in [-0.2, -0.15) is 4.98 Å². The fraction of sp³-hybridized carbons (Fsp3) is 0.429. The molecule has 0 bridgehead atoms. The number of hydrogen-bond donors (Lipinski definition) is 1. The molecule has 2 aliphatic rings. The summed E-state index contributed by atoms with van der Waals surface area (Å²) in [5.74, 6) is 0.783. The van der Waals surface area contributed by atoms with Gasteiger partial charge in [-0.1, -0.05) is 6.58 Å². The molecule has 1 amide bonds. The van der Waals surface area contributed by atoms with Crippen molar-refractivity contribution in [1.82, 2.24) is 24.3 Å². The first-order valence-electron chi connectivity index (χ1n) is 12.9. The summed E-state index contributed by atoms with van der Waals surface area (Å²) in [6, 6.07) is 12.7. The second-order valence-corrected chi connectivity index (χ2v) is 10.3. The first-order chi connectivity index (χ1) is 17.8. The van der Waals surface area contributed by atoms with Crippen LogP contribution in [0.2, 0.25) is 0 Å². The number of nitrogens with one attached hydrogen (secondary N) is 1. The summed E-state index contributed by atoms with van der Waals surface area (Å²) in [6.07, 6.45) is 3.89. The molecule has 0 aliphatic carbocycles. The summed E-state index contributed by atoms with van der Waals surface area (Å²) in [5, 5.41) is 4.11. The molecule has 1 aromatic carbocycles. The van der Waals surface area contributed by atoms with E-state index in [4.69, 9.17) is 4.98 Å². The number of amides is 1. The first-order valence-corrected chi connectivity index (χ1v) is 12.9. The fourth-order valence-electron chi connectivity index (χ4n) is 5.22. The van der Waals surface area contributed by atoms with E-state index in [2.05, 4.69) is 59.7 Å². The Balaban J connectivity index is 1.28. The Bertz CT molecular complexity index is 1330. The zero-order chi connectivity index (χ0) is 26.1. The Hall–Kier alpha value is -3.72. The number of fused-ring (bicyclic) bond motifs is 1. The lowest BCUT2D eigenvalue weighted by Crippen LogP contribution is -2.55. The molecule has 5 rings (SSSR count). The molecule has 2 atom stereocenters. The van der Waals surface area contributed by atoms with Gasteiger partial charge >= 0.3 is 0 Å². The largest absolute Gasteiger partial charge is 0.368 e. The van der Waals surface area contributed by atoms with Crippen LogP contribution >= 0.6 is 0 Å². The van der Waals surface area contributed by atoms with E-state index in [9.17, 15) is 9.59 Å². The van der Waals surface area contributed by atoms with Crippen molar-refractivity contribution in [3.05, 3.63) is 65.6 Å². The third kappa shape index (κ3) is 5.22. The smallest absolute Gasteiger partial charge is 0.252 e. The summed E-state index contributed by atoms with van der Waals surface area (Å²) >= 11 is 0. The molecular weight excluding hydrogens is 466 g/mol. The molecule has 4 heterocycles. The van der Waals surface area contributed by atoms with Crippen molar-refractivity contribution in [1.29, 1.82) is 0 Å². The molecule has 1 N–H and O–H groups in total. The molecule has 9 heteroatoms. The van der Waals surface area contributed by atoms with Gasteiger partial charge in [0, 0.05) is 73.8 Å². The zero-order valence-electron chi connectivity index (χ0n) is 21.8. The number of nitrogens with zero attached hydrogens (tertiary/aromatic N) is 6. The molecule has 0 saturated carbocycles. The van der Waals surface area contributed by atoms with Crippen LogP contribution in [0.5, 0.6) is 0 Å². The van der Waals surface area contributed by atoms with Crippen molar-refractivity contribution >= 4 is 34.3 Å². The van der Waals surface area contributed by atoms with E-state index >= 15 is 0 Å². The van der Waals surface area contributed by atoms with Gasteiger partial charge in [0.2, 0.25) is 11.9 Å². The number of carbonyl (C=O) groups excluding carboxylic acids is 1. The maximum atomic E-state index is 12.7. The molecule has 194 valence electrons. The van der Waals surface area contributed by atoms with E-state index in [-0.39, 0.29) is 11.5 Å². The maximum absolute atomic E-state index is 12.7. The molecule has 2 fully saturated rings. The number of hydrogen-bond acceptors (Lipinski definition) is 7. The van der Waals surface area contributed by atoms with Crippen LogP contribution in [0.25, 0.3) is 11.0 Å². The third-order valence-electron chi connectivity index (χ3n) is 7.78. The van der Waals surface area contributed by atoms with Gasteiger partial charge in [0.15, 0.2) is 0 Å². The Morgan fingerprint density at radius 2 is 1.78 bits per heavy atom. The zero-order valence-corrected chi connectivity index (χ0v) is 21.8. The number of rotatable bonds is 7. The normalized spacial score (nSPS) is 20.6. The molecule has 2 aliphatic heterocycles. The summed E-state index contributed by atoms with van der Waals surface area (Å²) in [7, 11) is 2.19. The summed E-state index contributed by atoms with van der Waals surface area (Å²) in [5.41, 5.74) is 2.62. The molecule has 0 radical (unpaired) electrons. The quantitative estimate of drug-likeness (QED) is 0.498. The van der Waals surface area contributed by atoms with E-state index < -0.39 is 0 Å². The summed E-state index contributed by atoms with van der Waals surface area (Å²) in [4.78, 5) is 40.2. The number of carbonyl (C=O) groups is 1. The number of benzene rings is 1. The van der Waals surface area contributed by atoms with Gasteiger partial charge in [-0.3, -0.25) is 19.1 Å². The number of likely N-dealkylation sites (tertiary alicyclic amines) is 1. The van der Waals surface area contributed by atoms with Crippen molar-refractivity contribution in [2.24, 2.45) is 5.92 Å². The van der Waals surface area contributed by atoms with Gasteiger partial charge in [-0.15, -0.1) is 0 Å². The second kappa shape index (κ2) is 10.3. The van der Waals surface area contributed by atoms with Gasteiger partial charge in [0.25, 0.3) is 5.56 Å². The number of piperazine rings is 1. The molecule has 37 heavy (non-hydrogen) atoms. The van der Waals surface area contributed by atoms with Gasteiger partial charge in [0.1, 0.15) is 5.65 Å². The number of aryl methyl sites for hydroxylation is 1. The fourth-order valence-corrected chi connectivity index (χ4v) is 5.22. The Labute approximate surface area is 217 Å². The second-order valence-electron chi connectivity index (χ2n) is 10.3. The Kier molecular flexibility index (Phi) is 6.97. The van der Waals surface area contributed by atoms with Crippen LogP contribution in [0, 0.1) is 5.92 Å². The van der Waals surface area contributed by atoms with Crippen molar-refractivity contribution in [2.75, 3.05) is 43.4 Å². The van der Waals surface area contributed by atoms with Gasteiger partial charge in [-0.25, -0.2) is 4.98 Å². The molecule has 9 nitrogen and oxygen atoms in total. The first kappa shape index (κ1) is 25.0. The van der Waals surface area contributed by atoms with Crippen LogP contribution in [0.15, 0.2) is 60.0 Å². The lowest BCUT2D eigenvalue weighted by Gasteiger charge is -2.43. The molecule has 2 aromatic heterocycles. The Morgan fingerprint density at radius 1 is 1.08 bits per heavy atom. The minimum absolute atomic E-state index is 0.0392. The van der Waals surface area contributed by atoms with Crippen LogP contribution in [0.1, 0.15) is 20.3 Å². The van der Waals surface area contributed by atoms with E-state index in [1.165, 1.54) is 11.8 Å². The van der Waals surface area contributed by atoms with Crippen LogP contribution < -0.4 is 15.8 Å². The SMILES string of the molecule is C=CC(=O)N1CC(CCn2c(=O)ccc3cnc(Nc4ccc(N5CC(C)N(C)[C@H](C)C5)cc4)nc32)C1. The van der Waals surface area contributed by atoms with Gasteiger partial charge < -0.3 is 15.1 Å². The monoisotopic (exact) mass is 501 g/mol. The lowest BCUT2D eigenvalue weighted by molar-refractivity contribution is -0.132. The number of pyridine rings is 1. The molecule has 3 aromatic rings. The van der Waals surface area contributed by atoms with Crippen molar-refractivity contribution in [3.8, 4) is 0 Å². The van der Waals surface area contributed by atoms with Crippen molar-refractivity contribution in [2.45, 2.75) is 38.9 Å². The summed E-state index contributed by atoms with van der Waals surface area (Å²) < 4.78 is 1.71. The van der Waals surface area contributed by atoms with Crippen LogP contribution in [-0.4, -0.2) is 75.6 Å². The molecule has 0 spiro atoms. The number of anilines is 3. The highest BCUT2D eigenvalue weighted by Gasteiger charge is 2.29. The lowest BCUT2D eigenvalue weighted by atomic mass is 9.96. The van der Waals surface area contributed by atoms with E-state index in [0.29, 0.717) is 49.2 Å². The van der Waals surface area contributed by atoms with Crippen LogP contribution in [0.3, 0.4) is 0 Å².